The molecule has 9 heteroatoms. The molecule has 0 unspecified atom stereocenters. The summed E-state index contributed by atoms with van der Waals surface area (Å²) in [6, 6.07) is 10.5. The summed E-state index contributed by atoms with van der Waals surface area (Å²) in [6.45, 7) is -0.112. The molecule has 0 radical (unpaired) electrons. The molecule has 0 aliphatic heterocycles. The highest BCUT2D eigenvalue weighted by atomic mass is 32.2. The van der Waals surface area contributed by atoms with Crippen LogP contribution in [0.25, 0.3) is 0 Å². The van der Waals surface area contributed by atoms with Crippen molar-refractivity contribution in [3.8, 4) is 11.8 Å². The second-order valence-electron chi connectivity index (χ2n) is 4.33. The number of benzene rings is 1. The average molecular weight is 353 g/mol. The van der Waals surface area contributed by atoms with Gasteiger partial charge in [-0.2, -0.15) is 18.4 Å². The van der Waals surface area contributed by atoms with E-state index in [1.54, 1.807) is 0 Å². The fourth-order valence-corrected chi connectivity index (χ4v) is 2.31. The summed E-state index contributed by atoms with van der Waals surface area (Å²) < 4.78 is 42.6. The number of hydrogen-bond acceptors (Lipinski definition) is 5. The molecule has 0 aliphatic carbocycles. The third-order valence-electron chi connectivity index (χ3n) is 2.64. The monoisotopic (exact) mass is 353 g/mol. The summed E-state index contributed by atoms with van der Waals surface area (Å²) in [6.07, 6.45) is 1.19. The zero-order valence-corrected chi connectivity index (χ0v) is 12.8. The first-order valence-corrected chi connectivity index (χ1v) is 7.32. The molecule has 0 atom stereocenters. The van der Waals surface area contributed by atoms with Crippen molar-refractivity contribution in [2.24, 2.45) is 0 Å². The summed E-state index contributed by atoms with van der Waals surface area (Å²) in [7, 11) is 0. The first-order valence-electron chi connectivity index (χ1n) is 6.51. The molecule has 0 bridgehead atoms. The molecule has 2 aromatic rings. The molecular weight excluding hydrogens is 343 g/mol. The molecule has 0 spiro atoms. The highest BCUT2D eigenvalue weighted by Gasteiger charge is 2.32. The molecule has 1 N–H and O–H groups in total. The van der Waals surface area contributed by atoms with E-state index < -0.39 is 28.2 Å². The van der Waals surface area contributed by atoms with Gasteiger partial charge >= 0.3 is 5.51 Å². The van der Waals surface area contributed by atoms with Gasteiger partial charge in [-0.1, -0.05) is 0 Å². The van der Waals surface area contributed by atoms with Gasteiger partial charge in [0, 0.05) is 23.6 Å². The maximum atomic E-state index is 12.5. The van der Waals surface area contributed by atoms with Crippen molar-refractivity contribution in [1.82, 2.24) is 4.98 Å². The predicted molar refractivity (Wildman–Crippen MR) is 81.7 cm³/mol. The van der Waals surface area contributed by atoms with Crippen LogP contribution in [0.2, 0.25) is 0 Å². The number of amides is 1. The quantitative estimate of drug-likeness (QED) is 0.827. The van der Waals surface area contributed by atoms with Crippen LogP contribution in [0.5, 0.6) is 5.75 Å². The lowest BCUT2D eigenvalue weighted by Crippen LogP contribution is -2.14. The summed E-state index contributed by atoms with van der Waals surface area (Å²) in [4.78, 5) is 15.8. The molecule has 5 nitrogen and oxygen atoms in total. The number of thioether (sulfide) groups is 1. The Balaban J connectivity index is 2.11. The number of hydrogen-bond donors (Lipinski definition) is 1. The van der Waals surface area contributed by atoms with Crippen molar-refractivity contribution >= 4 is 23.4 Å². The van der Waals surface area contributed by atoms with E-state index in [0.29, 0.717) is 11.4 Å². The Labute approximate surface area is 139 Å². The van der Waals surface area contributed by atoms with Gasteiger partial charge in [0.2, 0.25) is 0 Å². The van der Waals surface area contributed by atoms with E-state index in [4.69, 9.17) is 10.00 Å². The van der Waals surface area contributed by atoms with E-state index in [9.17, 15) is 18.0 Å². The molecule has 1 heterocycles. The SMILES string of the molecule is N#CCOc1ccc(NC(=O)c2cccnc2SC(F)(F)F)cc1. The van der Waals surface area contributed by atoms with E-state index in [0.717, 1.165) is 0 Å². The zero-order valence-electron chi connectivity index (χ0n) is 12.0. The third-order valence-corrected chi connectivity index (χ3v) is 3.39. The maximum Gasteiger partial charge on any atom is 0.447 e. The Kier molecular flexibility index (Phi) is 5.65. The normalized spacial score (nSPS) is 10.8. The molecule has 124 valence electrons. The van der Waals surface area contributed by atoms with Crippen molar-refractivity contribution in [2.75, 3.05) is 11.9 Å². The fraction of sp³-hybridized carbons (Fsp3) is 0.133. The van der Waals surface area contributed by atoms with Gasteiger partial charge in [0.05, 0.1) is 5.56 Å². The molecule has 1 amide bonds. The van der Waals surface area contributed by atoms with Crippen molar-refractivity contribution < 1.29 is 22.7 Å². The van der Waals surface area contributed by atoms with E-state index >= 15 is 0 Å². The van der Waals surface area contributed by atoms with Gasteiger partial charge < -0.3 is 10.1 Å². The lowest BCUT2D eigenvalue weighted by molar-refractivity contribution is -0.0329. The molecule has 0 saturated carbocycles. The Morgan fingerprint density at radius 3 is 2.62 bits per heavy atom. The van der Waals surface area contributed by atoms with Crippen LogP contribution in [-0.4, -0.2) is 23.0 Å². The van der Waals surface area contributed by atoms with Gasteiger partial charge in [0.15, 0.2) is 6.61 Å². The van der Waals surface area contributed by atoms with Crippen LogP contribution in [0, 0.1) is 11.3 Å². The number of rotatable bonds is 5. The van der Waals surface area contributed by atoms with E-state index in [1.165, 1.54) is 42.6 Å². The van der Waals surface area contributed by atoms with E-state index in [2.05, 4.69) is 10.3 Å². The first-order chi connectivity index (χ1) is 11.4. The Bertz CT molecular complexity index is 758. The number of anilines is 1. The second kappa shape index (κ2) is 7.70. The Hall–Kier alpha value is -2.73. The molecule has 0 saturated heterocycles. The summed E-state index contributed by atoms with van der Waals surface area (Å²) in [5.41, 5.74) is -4.34. The highest BCUT2D eigenvalue weighted by molar-refractivity contribution is 8.00. The molecule has 24 heavy (non-hydrogen) atoms. The van der Waals surface area contributed by atoms with Gasteiger partial charge in [-0.25, -0.2) is 4.98 Å². The van der Waals surface area contributed by atoms with E-state index in [1.807, 2.05) is 6.07 Å². The standard InChI is InChI=1S/C15H10F3N3O2S/c16-15(17,18)24-14-12(2-1-8-20-14)13(22)21-10-3-5-11(6-4-10)23-9-7-19/h1-6,8H,9H2,(H,21,22). The maximum absolute atomic E-state index is 12.5. The van der Waals surface area contributed by atoms with Crippen LogP contribution in [-0.2, 0) is 0 Å². The fourth-order valence-electron chi connectivity index (χ4n) is 1.70. The number of aromatic nitrogens is 1. The van der Waals surface area contributed by atoms with E-state index in [-0.39, 0.29) is 12.2 Å². The van der Waals surface area contributed by atoms with Crippen LogP contribution in [0.4, 0.5) is 18.9 Å². The van der Waals surface area contributed by atoms with Crippen molar-refractivity contribution in [1.29, 1.82) is 5.26 Å². The summed E-state index contributed by atoms with van der Waals surface area (Å²) >= 11 is -0.445. The number of carbonyl (C=O) groups is 1. The predicted octanol–water partition coefficient (Wildman–Crippen LogP) is 3.85. The number of ether oxygens (including phenoxy) is 1. The highest BCUT2D eigenvalue weighted by Crippen LogP contribution is 2.37. The Morgan fingerprint density at radius 1 is 1.29 bits per heavy atom. The van der Waals surface area contributed by atoms with Gasteiger partial charge in [-0.3, -0.25) is 4.79 Å². The van der Waals surface area contributed by atoms with Gasteiger partial charge in [0.1, 0.15) is 16.8 Å². The van der Waals surface area contributed by atoms with Gasteiger partial charge in [-0.05, 0) is 36.4 Å². The molecule has 0 fully saturated rings. The zero-order chi connectivity index (χ0) is 17.6. The van der Waals surface area contributed by atoms with Crippen LogP contribution in [0.1, 0.15) is 10.4 Å². The molecular formula is C15H10F3N3O2S. The minimum absolute atomic E-state index is 0.112. The second-order valence-corrected chi connectivity index (χ2v) is 5.38. The average Bonchev–Trinajstić information content (AvgIpc) is 2.53. The lowest BCUT2D eigenvalue weighted by atomic mass is 10.2. The summed E-state index contributed by atoms with van der Waals surface area (Å²) in [5, 5.41) is 10.5. The third kappa shape index (κ3) is 5.17. The van der Waals surface area contributed by atoms with Crippen LogP contribution >= 0.6 is 11.8 Å². The number of carbonyl (C=O) groups excluding carboxylic acids is 1. The van der Waals surface area contributed by atoms with Crippen LogP contribution in [0.15, 0.2) is 47.6 Å². The molecule has 2 rings (SSSR count). The Morgan fingerprint density at radius 2 is 2.00 bits per heavy atom. The van der Waals surface area contributed by atoms with Crippen molar-refractivity contribution in [3.05, 3.63) is 48.2 Å². The molecule has 0 aliphatic rings. The smallest absolute Gasteiger partial charge is 0.447 e. The number of pyridine rings is 1. The molecule has 1 aromatic heterocycles. The van der Waals surface area contributed by atoms with Gasteiger partial charge in [-0.15, -0.1) is 0 Å². The van der Waals surface area contributed by atoms with Gasteiger partial charge in [0.25, 0.3) is 5.91 Å². The largest absolute Gasteiger partial charge is 0.479 e. The van der Waals surface area contributed by atoms with Crippen molar-refractivity contribution in [3.63, 3.8) is 0 Å². The lowest BCUT2D eigenvalue weighted by Gasteiger charge is -2.10. The van der Waals surface area contributed by atoms with Crippen molar-refractivity contribution in [2.45, 2.75) is 10.5 Å². The number of nitrogens with one attached hydrogen (secondary N) is 1. The topological polar surface area (TPSA) is 75.0 Å². The number of halogens is 3. The molecule has 1 aromatic carbocycles. The minimum Gasteiger partial charge on any atom is -0.479 e. The number of alkyl halides is 3. The summed E-state index contributed by atoms with van der Waals surface area (Å²) in [5.74, 6) is -0.273. The minimum atomic E-state index is -4.54. The number of nitrogens with zero attached hydrogens (tertiary/aromatic N) is 2. The first kappa shape index (κ1) is 17.6. The number of nitriles is 1. The van der Waals surface area contributed by atoms with Crippen LogP contribution < -0.4 is 10.1 Å². The van der Waals surface area contributed by atoms with Crippen LogP contribution in [0.3, 0.4) is 0 Å².